The Kier molecular flexibility index (Phi) is 4.33. The quantitative estimate of drug-likeness (QED) is 0.943. The van der Waals surface area contributed by atoms with Crippen LogP contribution in [0.25, 0.3) is 0 Å². The van der Waals surface area contributed by atoms with Gasteiger partial charge in [0.05, 0.1) is 6.20 Å². The normalized spacial score (nSPS) is 18.3. The van der Waals surface area contributed by atoms with E-state index < -0.39 is 0 Å². The number of halogens is 1. The van der Waals surface area contributed by atoms with Gasteiger partial charge in [-0.3, -0.25) is 4.79 Å². The van der Waals surface area contributed by atoms with Crippen molar-refractivity contribution in [3.05, 3.63) is 40.7 Å². The molecule has 0 bridgehead atoms. The summed E-state index contributed by atoms with van der Waals surface area (Å²) in [6.45, 7) is 3.55. The highest BCUT2D eigenvalue weighted by Crippen LogP contribution is 2.24. The van der Waals surface area contributed by atoms with E-state index in [-0.39, 0.29) is 17.8 Å². The molecule has 22 heavy (non-hydrogen) atoms. The van der Waals surface area contributed by atoms with E-state index in [1.54, 1.807) is 6.07 Å². The van der Waals surface area contributed by atoms with E-state index in [9.17, 15) is 9.18 Å². The van der Waals surface area contributed by atoms with Crippen molar-refractivity contribution in [2.45, 2.75) is 25.8 Å². The Balaban J connectivity index is 1.67. The van der Waals surface area contributed by atoms with Crippen LogP contribution in [0.1, 0.15) is 28.1 Å². The maximum absolute atomic E-state index is 13.2. The van der Waals surface area contributed by atoms with Gasteiger partial charge in [-0.25, -0.2) is 4.39 Å². The molecule has 7 heteroatoms. The first-order valence-electron chi connectivity index (χ1n) is 7.23. The average Bonchev–Trinajstić information content (AvgIpc) is 3.02. The van der Waals surface area contributed by atoms with E-state index in [1.807, 2.05) is 13.0 Å². The van der Waals surface area contributed by atoms with Gasteiger partial charge in [-0.05, 0) is 55.1 Å². The van der Waals surface area contributed by atoms with Crippen molar-refractivity contribution in [3.8, 4) is 0 Å². The van der Waals surface area contributed by atoms with E-state index in [0.29, 0.717) is 4.88 Å². The van der Waals surface area contributed by atoms with Crippen LogP contribution in [0.3, 0.4) is 0 Å². The van der Waals surface area contributed by atoms with Gasteiger partial charge in [0.1, 0.15) is 10.7 Å². The number of rotatable bonds is 3. The maximum Gasteiger partial charge on any atom is 0.264 e. The van der Waals surface area contributed by atoms with E-state index >= 15 is 0 Å². The van der Waals surface area contributed by atoms with Crippen LogP contribution in [0.15, 0.2) is 24.4 Å². The highest BCUT2D eigenvalue weighted by Gasteiger charge is 2.23. The van der Waals surface area contributed by atoms with Crippen molar-refractivity contribution in [3.63, 3.8) is 0 Å². The molecule has 1 N–H and O–H groups in total. The van der Waals surface area contributed by atoms with Gasteiger partial charge in [0.15, 0.2) is 0 Å². The van der Waals surface area contributed by atoms with Crippen molar-refractivity contribution >= 4 is 23.1 Å². The second-order valence-electron chi connectivity index (χ2n) is 5.47. The summed E-state index contributed by atoms with van der Waals surface area (Å²) in [6, 6.07) is 4.91. The Morgan fingerprint density at radius 1 is 1.50 bits per heavy atom. The van der Waals surface area contributed by atoms with Crippen molar-refractivity contribution < 1.29 is 9.18 Å². The minimum absolute atomic E-state index is 0.0767. The van der Waals surface area contributed by atoms with Crippen LogP contribution >= 0.6 is 11.5 Å². The Morgan fingerprint density at radius 2 is 2.36 bits per heavy atom. The fourth-order valence-corrected chi connectivity index (χ4v) is 3.23. The fourth-order valence-electron chi connectivity index (χ4n) is 2.81. The molecule has 1 fully saturated rings. The molecule has 1 aliphatic heterocycles. The molecule has 1 amide bonds. The predicted octanol–water partition coefficient (Wildman–Crippen LogP) is 2.38. The molecule has 2 aromatic rings. The smallest absolute Gasteiger partial charge is 0.264 e. The monoisotopic (exact) mass is 320 g/mol. The Hall–Kier alpha value is -2.02. The van der Waals surface area contributed by atoms with E-state index in [0.717, 1.165) is 48.7 Å². The van der Waals surface area contributed by atoms with Gasteiger partial charge in [-0.15, -0.1) is 5.10 Å². The van der Waals surface area contributed by atoms with Crippen molar-refractivity contribution in [1.82, 2.24) is 14.9 Å². The minimum Gasteiger partial charge on any atom is -0.369 e. The van der Waals surface area contributed by atoms with E-state index in [1.165, 1.54) is 12.3 Å². The number of carbonyl (C=O) groups is 1. The van der Waals surface area contributed by atoms with Crippen molar-refractivity contribution in [2.24, 2.45) is 0 Å². The van der Waals surface area contributed by atoms with Gasteiger partial charge in [0.2, 0.25) is 0 Å². The number of anilines is 1. The molecule has 0 saturated carbocycles. The van der Waals surface area contributed by atoms with Gasteiger partial charge in [-0.2, -0.15) is 0 Å². The third-order valence-electron chi connectivity index (χ3n) is 3.84. The number of hydrogen-bond donors (Lipinski definition) is 1. The molecule has 1 saturated heterocycles. The summed E-state index contributed by atoms with van der Waals surface area (Å²) in [5, 5.41) is 6.71. The Bertz CT molecular complexity index is 662. The average molecular weight is 320 g/mol. The highest BCUT2D eigenvalue weighted by molar-refractivity contribution is 7.07. The lowest BCUT2D eigenvalue weighted by Crippen LogP contribution is -2.47. The van der Waals surface area contributed by atoms with Gasteiger partial charge < -0.3 is 10.2 Å². The number of nitrogens with one attached hydrogen (secondary N) is 1. The van der Waals surface area contributed by atoms with E-state index in [2.05, 4.69) is 19.8 Å². The summed E-state index contributed by atoms with van der Waals surface area (Å²) in [7, 11) is 0. The first-order chi connectivity index (χ1) is 10.6. The van der Waals surface area contributed by atoms with Crippen LogP contribution in [0.4, 0.5) is 10.1 Å². The second-order valence-corrected chi connectivity index (χ2v) is 6.26. The van der Waals surface area contributed by atoms with E-state index in [4.69, 9.17) is 0 Å². The van der Waals surface area contributed by atoms with Gasteiger partial charge in [-0.1, -0.05) is 4.49 Å². The molecular formula is C15H17FN4OS. The first-order valence-corrected chi connectivity index (χ1v) is 8.00. The SMILES string of the molecule is Cc1cc(F)ccc1N1CCC[C@@H](NC(=O)c2cnns2)C1. The largest absolute Gasteiger partial charge is 0.369 e. The van der Waals surface area contributed by atoms with Crippen LogP contribution in [-0.2, 0) is 0 Å². The number of benzene rings is 1. The number of nitrogens with zero attached hydrogens (tertiary/aromatic N) is 3. The van der Waals surface area contributed by atoms with Gasteiger partial charge in [0.25, 0.3) is 5.91 Å². The summed E-state index contributed by atoms with van der Waals surface area (Å²) < 4.78 is 16.9. The molecule has 116 valence electrons. The molecule has 0 unspecified atom stereocenters. The minimum atomic E-state index is -0.221. The summed E-state index contributed by atoms with van der Waals surface area (Å²) in [5.74, 6) is -0.349. The number of carbonyl (C=O) groups excluding carboxylic acids is 1. The van der Waals surface area contributed by atoms with Gasteiger partial charge in [0, 0.05) is 24.8 Å². The number of aromatic nitrogens is 2. The highest BCUT2D eigenvalue weighted by atomic mass is 32.1. The lowest BCUT2D eigenvalue weighted by atomic mass is 10.0. The molecule has 1 atom stereocenters. The van der Waals surface area contributed by atoms with Gasteiger partial charge >= 0.3 is 0 Å². The lowest BCUT2D eigenvalue weighted by Gasteiger charge is -2.35. The molecule has 1 aromatic heterocycles. The third kappa shape index (κ3) is 3.24. The molecule has 5 nitrogen and oxygen atoms in total. The third-order valence-corrected chi connectivity index (χ3v) is 4.50. The number of piperidine rings is 1. The second kappa shape index (κ2) is 6.39. The zero-order chi connectivity index (χ0) is 15.5. The summed E-state index contributed by atoms with van der Waals surface area (Å²) in [4.78, 5) is 14.8. The Labute approximate surface area is 132 Å². The van der Waals surface area contributed by atoms with Crippen LogP contribution in [0.2, 0.25) is 0 Å². The van der Waals surface area contributed by atoms with Crippen molar-refractivity contribution in [1.29, 1.82) is 0 Å². The molecule has 1 aliphatic rings. The number of hydrogen-bond acceptors (Lipinski definition) is 5. The molecule has 2 heterocycles. The van der Waals surface area contributed by atoms with Crippen LogP contribution in [0.5, 0.6) is 0 Å². The topological polar surface area (TPSA) is 58.1 Å². The standard InChI is InChI=1S/C15H17FN4OS/c1-10-7-11(16)4-5-13(10)20-6-2-3-12(9-20)18-15(21)14-8-17-19-22-14/h4-5,7-8,12H,2-3,6,9H2,1H3,(H,18,21)/t12-/m1/s1. The molecule has 0 aliphatic carbocycles. The molecule has 1 aromatic carbocycles. The molecular weight excluding hydrogens is 303 g/mol. The van der Waals surface area contributed by atoms with Crippen LogP contribution < -0.4 is 10.2 Å². The fraction of sp³-hybridized carbons (Fsp3) is 0.400. The molecule has 0 spiro atoms. The van der Waals surface area contributed by atoms with Crippen molar-refractivity contribution in [2.75, 3.05) is 18.0 Å². The summed E-state index contributed by atoms with van der Waals surface area (Å²) in [5.41, 5.74) is 1.94. The molecule has 0 radical (unpaired) electrons. The summed E-state index contributed by atoms with van der Waals surface area (Å²) in [6.07, 6.45) is 3.40. The first kappa shape index (κ1) is 14.9. The summed E-state index contributed by atoms with van der Waals surface area (Å²) >= 11 is 1.09. The van der Waals surface area contributed by atoms with Crippen LogP contribution in [0, 0.1) is 12.7 Å². The number of aryl methyl sites for hydroxylation is 1. The predicted molar refractivity (Wildman–Crippen MR) is 83.7 cm³/mol. The maximum atomic E-state index is 13.2. The zero-order valence-electron chi connectivity index (χ0n) is 12.3. The zero-order valence-corrected chi connectivity index (χ0v) is 13.1. The van der Waals surface area contributed by atoms with Crippen LogP contribution in [-0.4, -0.2) is 34.6 Å². The number of amides is 1. The Morgan fingerprint density at radius 3 is 3.09 bits per heavy atom. The molecule has 3 rings (SSSR count). The lowest BCUT2D eigenvalue weighted by molar-refractivity contribution is 0.0937.